The standard InChI is InChI=1S/C12H18N/c1-2-3-7-10-13-11-12-8-5-4-6-9-12/h4-5,8-9,13H,2-3,7,10-11H2,1H3. The molecule has 0 heterocycles. The fourth-order valence-electron chi connectivity index (χ4n) is 1.27. The van der Waals surface area contributed by atoms with Crippen molar-refractivity contribution in [2.24, 2.45) is 0 Å². The second-order valence-electron chi connectivity index (χ2n) is 3.30. The van der Waals surface area contributed by atoms with E-state index in [2.05, 4.69) is 24.4 Å². The average Bonchev–Trinajstić information content (AvgIpc) is 2.19. The molecule has 0 saturated carbocycles. The maximum Gasteiger partial charge on any atom is 0.0205 e. The molecule has 0 aliphatic heterocycles. The van der Waals surface area contributed by atoms with Gasteiger partial charge in [0, 0.05) is 6.54 Å². The fourth-order valence-corrected chi connectivity index (χ4v) is 1.27. The summed E-state index contributed by atoms with van der Waals surface area (Å²) in [5.74, 6) is 0. The smallest absolute Gasteiger partial charge is 0.0205 e. The molecule has 0 unspecified atom stereocenters. The summed E-state index contributed by atoms with van der Waals surface area (Å²) < 4.78 is 0. The highest BCUT2D eigenvalue weighted by atomic mass is 14.8. The van der Waals surface area contributed by atoms with Gasteiger partial charge in [0.2, 0.25) is 0 Å². The van der Waals surface area contributed by atoms with E-state index in [9.17, 15) is 0 Å². The third-order valence-electron chi connectivity index (χ3n) is 2.06. The molecule has 0 spiro atoms. The maximum atomic E-state index is 3.42. The van der Waals surface area contributed by atoms with Crippen LogP contribution in [0.5, 0.6) is 0 Å². The van der Waals surface area contributed by atoms with Gasteiger partial charge in [0.15, 0.2) is 0 Å². The first-order valence-corrected chi connectivity index (χ1v) is 5.09. The van der Waals surface area contributed by atoms with Gasteiger partial charge in [0.25, 0.3) is 0 Å². The highest BCUT2D eigenvalue weighted by Gasteiger charge is 1.89. The Morgan fingerprint density at radius 1 is 1.38 bits per heavy atom. The second-order valence-corrected chi connectivity index (χ2v) is 3.30. The Balaban J connectivity index is 2.07. The molecule has 0 amide bonds. The van der Waals surface area contributed by atoms with Crippen LogP contribution >= 0.6 is 0 Å². The van der Waals surface area contributed by atoms with Crippen molar-refractivity contribution < 1.29 is 0 Å². The van der Waals surface area contributed by atoms with Crippen LogP contribution in [0.25, 0.3) is 0 Å². The van der Waals surface area contributed by atoms with Crippen molar-refractivity contribution >= 4 is 0 Å². The van der Waals surface area contributed by atoms with Gasteiger partial charge >= 0.3 is 0 Å². The molecule has 71 valence electrons. The highest BCUT2D eigenvalue weighted by Crippen LogP contribution is 1.97. The largest absolute Gasteiger partial charge is 0.313 e. The van der Waals surface area contributed by atoms with Crippen molar-refractivity contribution in [3.63, 3.8) is 0 Å². The van der Waals surface area contributed by atoms with E-state index in [-0.39, 0.29) is 0 Å². The zero-order chi connectivity index (χ0) is 9.36. The number of rotatable bonds is 6. The van der Waals surface area contributed by atoms with Gasteiger partial charge in [-0.15, -0.1) is 0 Å². The first-order valence-electron chi connectivity index (χ1n) is 5.09. The summed E-state index contributed by atoms with van der Waals surface area (Å²) in [6.07, 6.45) is 3.90. The molecule has 0 atom stereocenters. The molecular formula is C12H18N. The van der Waals surface area contributed by atoms with E-state index in [4.69, 9.17) is 0 Å². The fraction of sp³-hybridized carbons (Fsp3) is 0.500. The molecule has 1 heteroatoms. The highest BCUT2D eigenvalue weighted by molar-refractivity contribution is 5.13. The Morgan fingerprint density at radius 2 is 2.31 bits per heavy atom. The molecule has 1 aromatic carbocycles. The monoisotopic (exact) mass is 176 g/mol. The van der Waals surface area contributed by atoms with Crippen molar-refractivity contribution in [2.45, 2.75) is 32.7 Å². The number of benzene rings is 1. The van der Waals surface area contributed by atoms with Gasteiger partial charge in [-0.2, -0.15) is 0 Å². The molecule has 1 rings (SSSR count). The van der Waals surface area contributed by atoms with E-state index in [1.165, 1.54) is 24.8 Å². The first kappa shape index (κ1) is 10.3. The zero-order valence-corrected chi connectivity index (χ0v) is 8.34. The Morgan fingerprint density at radius 3 is 3.00 bits per heavy atom. The second kappa shape index (κ2) is 6.67. The number of unbranched alkanes of at least 4 members (excludes halogenated alkanes) is 2. The van der Waals surface area contributed by atoms with Crippen LogP contribution in [0.1, 0.15) is 31.7 Å². The summed E-state index contributed by atoms with van der Waals surface area (Å²) in [6, 6.07) is 11.2. The minimum Gasteiger partial charge on any atom is -0.313 e. The predicted molar refractivity (Wildman–Crippen MR) is 56.5 cm³/mol. The topological polar surface area (TPSA) is 12.0 Å². The van der Waals surface area contributed by atoms with Crippen LogP contribution in [-0.2, 0) is 6.54 Å². The van der Waals surface area contributed by atoms with E-state index in [0.717, 1.165) is 13.1 Å². The SMILES string of the molecule is CCCCCNCc1c[c]ccc1. The summed E-state index contributed by atoms with van der Waals surface area (Å²) in [7, 11) is 0. The first-order chi connectivity index (χ1) is 6.43. The van der Waals surface area contributed by atoms with Crippen LogP contribution < -0.4 is 5.32 Å². The third-order valence-corrected chi connectivity index (χ3v) is 2.06. The van der Waals surface area contributed by atoms with Crippen LogP contribution in [0.3, 0.4) is 0 Å². The van der Waals surface area contributed by atoms with Gasteiger partial charge < -0.3 is 5.32 Å². The molecular weight excluding hydrogens is 158 g/mol. The minimum absolute atomic E-state index is 0.973. The lowest BCUT2D eigenvalue weighted by Gasteiger charge is -2.03. The normalized spacial score (nSPS) is 10.2. The van der Waals surface area contributed by atoms with Crippen molar-refractivity contribution in [1.29, 1.82) is 0 Å². The molecule has 1 aromatic rings. The Kier molecular flexibility index (Phi) is 5.27. The third kappa shape index (κ3) is 4.69. The van der Waals surface area contributed by atoms with Gasteiger partial charge in [0.1, 0.15) is 0 Å². The van der Waals surface area contributed by atoms with Gasteiger partial charge in [-0.25, -0.2) is 0 Å². The van der Waals surface area contributed by atoms with E-state index >= 15 is 0 Å². The Hall–Kier alpha value is -0.820. The molecule has 0 aromatic heterocycles. The van der Waals surface area contributed by atoms with Crippen molar-refractivity contribution in [1.82, 2.24) is 5.32 Å². The summed E-state index contributed by atoms with van der Waals surface area (Å²) in [5.41, 5.74) is 1.32. The molecule has 0 saturated heterocycles. The zero-order valence-electron chi connectivity index (χ0n) is 8.34. The number of hydrogen-bond donors (Lipinski definition) is 1. The van der Waals surface area contributed by atoms with Gasteiger partial charge in [-0.1, -0.05) is 38.0 Å². The lowest BCUT2D eigenvalue weighted by Crippen LogP contribution is -2.14. The lowest BCUT2D eigenvalue weighted by atomic mass is 10.2. The van der Waals surface area contributed by atoms with Gasteiger partial charge in [0.05, 0.1) is 0 Å². The van der Waals surface area contributed by atoms with Crippen LogP contribution in [-0.4, -0.2) is 6.54 Å². The van der Waals surface area contributed by atoms with Crippen LogP contribution in [0.2, 0.25) is 0 Å². The van der Waals surface area contributed by atoms with Gasteiger partial charge in [-0.05, 0) is 30.7 Å². The van der Waals surface area contributed by atoms with Crippen molar-refractivity contribution in [3.05, 3.63) is 35.9 Å². The lowest BCUT2D eigenvalue weighted by molar-refractivity contribution is 0.617. The maximum absolute atomic E-state index is 3.42. The van der Waals surface area contributed by atoms with E-state index in [1.54, 1.807) is 0 Å². The predicted octanol–water partition coefficient (Wildman–Crippen LogP) is 2.77. The average molecular weight is 176 g/mol. The molecule has 0 bridgehead atoms. The number of nitrogens with one attached hydrogen (secondary N) is 1. The Labute approximate surface area is 81.2 Å². The van der Waals surface area contributed by atoms with Crippen LogP contribution in [0, 0.1) is 6.07 Å². The van der Waals surface area contributed by atoms with Crippen molar-refractivity contribution in [3.8, 4) is 0 Å². The summed E-state index contributed by atoms with van der Waals surface area (Å²) >= 11 is 0. The molecule has 0 aliphatic carbocycles. The molecule has 13 heavy (non-hydrogen) atoms. The molecule has 0 aliphatic rings. The van der Waals surface area contributed by atoms with E-state index in [1.807, 2.05) is 18.2 Å². The van der Waals surface area contributed by atoms with Gasteiger partial charge in [-0.3, -0.25) is 0 Å². The van der Waals surface area contributed by atoms with E-state index in [0.29, 0.717) is 0 Å². The molecule has 1 N–H and O–H groups in total. The minimum atomic E-state index is 0.973. The quantitative estimate of drug-likeness (QED) is 0.657. The van der Waals surface area contributed by atoms with Crippen LogP contribution in [0.4, 0.5) is 0 Å². The summed E-state index contributed by atoms with van der Waals surface area (Å²) in [4.78, 5) is 0. The number of hydrogen-bond acceptors (Lipinski definition) is 1. The van der Waals surface area contributed by atoms with Crippen LogP contribution in [0.15, 0.2) is 24.3 Å². The van der Waals surface area contributed by atoms with Crippen molar-refractivity contribution in [2.75, 3.05) is 6.54 Å². The Bertz CT molecular complexity index is 206. The molecule has 0 fully saturated rings. The molecule has 1 nitrogen and oxygen atoms in total. The van der Waals surface area contributed by atoms with E-state index < -0.39 is 0 Å². The molecule has 1 radical (unpaired) electrons. The summed E-state index contributed by atoms with van der Waals surface area (Å²) in [6.45, 7) is 4.33. The summed E-state index contributed by atoms with van der Waals surface area (Å²) in [5, 5.41) is 3.42.